The Morgan fingerprint density at radius 2 is 0.727 bits per heavy atom. The van der Waals surface area contributed by atoms with E-state index in [-0.39, 0.29) is 24.1 Å². The lowest BCUT2D eigenvalue weighted by atomic mass is 10.0. The number of carbonyl (C=O) groups is 2. The van der Waals surface area contributed by atoms with Crippen molar-refractivity contribution in [3.63, 3.8) is 0 Å². The molecule has 0 atom stereocenters. The lowest BCUT2D eigenvalue weighted by Gasteiger charge is -2.21. The standard InChI is InChI=1S/C28H57N3O2/c1-5-9-13-17-21-25(22-18-14-10-6-2)29-27(32)31-28(33)30-26(23-19-15-11-7-3)24-20-16-12-8-4/h25-26H,5-24H2,1-4H3,(H3,29,30,31,32,33). The Labute approximate surface area is 206 Å². The second-order valence-electron chi connectivity index (χ2n) is 9.86. The van der Waals surface area contributed by atoms with Crippen LogP contribution in [0.25, 0.3) is 0 Å². The van der Waals surface area contributed by atoms with Crippen molar-refractivity contribution in [2.75, 3.05) is 0 Å². The van der Waals surface area contributed by atoms with Crippen LogP contribution >= 0.6 is 0 Å². The van der Waals surface area contributed by atoms with Gasteiger partial charge in [-0.25, -0.2) is 9.59 Å². The third-order valence-electron chi connectivity index (χ3n) is 6.52. The minimum atomic E-state index is -0.348. The summed E-state index contributed by atoms with van der Waals surface area (Å²) in [5, 5.41) is 8.72. The van der Waals surface area contributed by atoms with Crippen LogP contribution in [0, 0.1) is 0 Å². The molecule has 0 spiro atoms. The minimum Gasteiger partial charge on any atom is -0.335 e. The fourth-order valence-corrected chi connectivity index (χ4v) is 4.39. The Morgan fingerprint density at radius 3 is 0.970 bits per heavy atom. The van der Waals surface area contributed by atoms with Crippen LogP contribution in [0.2, 0.25) is 0 Å². The van der Waals surface area contributed by atoms with E-state index in [2.05, 4.69) is 43.6 Å². The molecule has 4 amide bonds. The van der Waals surface area contributed by atoms with E-state index in [4.69, 9.17) is 0 Å². The van der Waals surface area contributed by atoms with Crippen molar-refractivity contribution in [3.8, 4) is 0 Å². The van der Waals surface area contributed by atoms with Gasteiger partial charge >= 0.3 is 12.1 Å². The van der Waals surface area contributed by atoms with E-state index in [0.717, 1.165) is 51.4 Å². The van der Waals surface area contributed by atoms with Crippen molar-refractivity contribution in [2.45, 2.75) is 168 Å². The molecule has 0 fully saturated rings. The van der Waals surface area contributed by atoms with Crippen LogP contribution in [0.3, 0.4) is 0 Å². The molecule has 0 aromatic carbocycles. The number of rotatable bonds is 22. The highest BCUT2D eigenvalue weighted by atomic mass is 16.2. The third kappa shape index (κ3) is 21.0. The molecule has 0 saturated carbocycles. The van der Waals surface area contributed by atoms with Gasteiger partial charge in [0.1, 0.15) is 0 Å². The Bertz CT molecular complexity index is 392. The highest BCUT2D eigenvalue weighted by Gasteiger charge is 2.17. The number of imide groups is 1. The normalized spacial score (nSPS) is 11.2. The number of hydrogen-bond acceptors (Lipinski definition) is 2. The first kappa shape index (κ1) is 31.7. The summed E-state index contributed by atoms with van der Waals surface area (Å²) in [6.07, 6.45) is 23.2. The van der Waals surface area contributed by atoms with Gasteiger partial charge in [0.15, 0.2) is 0 Å². The fraction of sp³-hybridized carbons (Fsp3) is 0.929. The van der Waals surface area contributed by atoms with Gasteiger partial charge in [-0.2, -0.15) is 0 Å². The molecule has 3 N–H and O–H groups in total. The molecule has 0 heterocycles. The number of unbranched alkanes of at least 4 members (excludes halogenated alkanes) is 12. The van der Waals surface area contributed by atoms with Crippen molar-refractivity contribution in [3.05, 3.63) is 0 Å². The second-order valence-corrected chi connectivity index (χ2v) is 9.86. The molecule has 0 radical (unpaired) electrons. The molecule has 0 aromatic rings. The predicted octanol–water partition coefficient (Wildman–Crippen LogP) is 8.61. The lowest BCUT2D eigenvalue weighted by Crippen LogP contribution is -2.50. The monoisotopic (exact) mass is 467 g/mol. The van der Waals surface area contributed by atoms with Gasteiger partial charge in [-0.1, -0.05) is 130 Å². The van der Waals surface area contributed by atoms with Crippen LogP contribution < -0.4 is 16.0 Å². The van der Waals surface area contributed by atoms with Crippen molar-refractivity contribution in [1.82, 2.24) is 16.0 Å². The topological polar surface area (TPSA) is 70.2 Å². The van der Waals surface area contributed by atoms with Gasteiger partial charge in [-0.05, 0) is 25.7 Å². The molecule has 0 saturated heterocycles. The van der Waals surface area contributed by atoms with E-state index in [9.17, 15) is 9.59 Å². The van der Waals surface area contributed by atoms with Crippen molar-refractivity contribution >= 4 is 12.1 Å². The van der Waals surface area contributed by atoms with Crippen LogP contribution in [-0.2, 0) is 0 Å². The van der Waals surface area contributed by atoms with Crippen LogP contribution in [0.4, 0.5) is 9.59 Å². The molecule has 5 heteroatoms. The maximum absolute atomic E-state index is 12.5. The zero-order valence-corrected chi connectivity index (χ0v) is 22.6. The van der Waals surface area contributed by atoms with E-state index in [1.54, 1.807) is 0 Å². The van der Waals surface area contributed by atoms with Gasteiger partial charge in [-0.3, -0.25) is 5.32 Å². The quantitative estimate of drug-likeness (QED) is 0.139. The fourth-order valence-electron chi connectivity index (χ4n) is 4.39. The van der Waals surface area contributed by atoms with E-state index < -0.39 is 0 Å². The average molecular weight is 468 g/mol. The average Bonchev–Trinajstić information content (AvgIpc) is 2.79. The summed E-state index contributed by atoms with van der Waals surface area (Å²) >= 11 is 0. The highest BCUT2D eigenvalue weighted by Crippen LogP contribution is 2.14. The van der Waals surface area contributed by atoms with E-state index in [1.807, 2.05) is 0 Å². The summed E-state index contributed by atoms with van der Waals surface area (Å²) in [7, 11) is 0. The molecule has 0 rings (SSSR count). The molecule has 0 aliphatic heterocycles. The molecule has 0 aliphatic rings. The van der Waals surface area contributed by atoms with E-state index >= 15 is 0 Å². The van der Waals surface area contributed by atoms with Gasteiger partial charge in [0, 0.05) is 12.1 Å². The number of carbonyl (C=O) groups excluding carboxylic acids is 2. The van der Waals surface area contributed by atoms with Gasteiger partial charge in [-0.15, -0.1) is 0 Å². The van der Waals surface area contributed by atoms with Crippen molar-refractivity contribution in [2.24, 2.45) is 0 Å². The number of amides is 4. The van der Waals surface area contributed by atoms with Gasteiger partial charge < -0.3 is 10.6 Å². The van der Waals surface area contributed by atoms with E-state index in [1.165, 1.54) is 77.0 Å². The Morgan fingerprint density at radius 1 is 0.455 bits per heavy atom. The zero-order chi connectivity index (χ0) is 24.6. The Kier molecular flexibility index (Phi) is 23.0. The molecule has 5 nitrogen and oxygen atoms in total. The molecular formula is C28H57N3O2. The summed E-state index contributed by atoms with van der Waals surface area (Å²) < 4.78 is 0. The second kappa shape index (κ2) is 23.9. The van der Waals surface area contributed by atoms with E-state index in [0.29, 0.717) is 0 Å². The SMILES string of the molecule is CCCCCCC(CCCCCC)NC(=O)NC(=O)NC(CCCCCC)CCCCCC. The maximum atomic E-state index is 12.5. The smallest absolute Gasteiger partial charge is 0.323 e. The summed E-state index contributed by atoms with van der Waals surface area (Å²) in [6.45, 7) is 8.86. The molecular weight excluding hydrogens is 410 g/mol. The van der Waals surface area contributed by atoms with Gasteiger partial charge in [0.2, 0.25) is 0 Å². The molecule has 0 bridgehead atoms. The van der Waals surface area contributed by atoms with Gasteiger partial charge in [0.05, 0.1) is 0 Å². The largest absolute Gasteiger partial charge is 0.335 e. The minimum absolute atomic E-state index is 0.158. The molecule has 0 aromatic heterocycles. The molecule has 0 aliphatic carbocycles. The first-order chi connectivity index (χ1) is 16.1. The molecule has 196 valence electrons. The summed E-state index contributed by atoms with van der Waals surface area (Å²) in [5.74, 6) is 0. The highest BCUT2D eigenvalue weighted by molar-refractivity contribution is 5.93. The summed E-state index contributed by atoms with van der Waals surface area (Å²) in [5.41, 5.74) is 0. The predicted molar refractivity (Wildman–Crippen MR) is 143 cm³/mol. The molecule has 0 unspecified atom stereocenters. The molecule has 33 heavy (non-hydrogen) atoms. The first-order valence-corrected chi connectivity index (χ1v) is 14.4. The number of urea groups is 2. The van der Waals surface area contributed by atoms with Crippen molar-refractivity contribution < 1.29 is 9.59 Å². The van der Waals surface area contributed by atoms with Crippen LogP contribution in [0.15, 0.2) is 0 Å². The Hall–Kier alpha value is -1.26. The van der Waals surface area contributed by atoms with Crippen LogP contribution in [-0.4, -0.2) is 24.1 Å². The maximum Gasteiger partial charge on any atom is 0.323 e. The van der Waals surface area contributed by atoms with Crippen molar-refractivity contribution in [1.29, 1.82) is 0 Å². The third-order valence-corrected chi connectivity index (χ3v) is 6.52. The van der Waals surface area contributed by atoms with Crippen LogP contribution in [0.1, 0.15) is 156 Å². The van der Waals surface area contributed by atoms with Gasteiger partial charge in [0.25, 0.3) is 0 Å². The number of nitrogens with one attached hydrogen (secondary N) is 3. The summed E-state index contributed by atoms with van der Waals surface area (Å²) in [4.78, 5) is 25.1. The zero-order valence-electron chi connectivity index (χ0n) is 22.6. The summed E-state index contributed by atoms with van der Waals surface area (Å²) in [6, 6.07) is -0.380. The lowest BCUT2D eigenvalue weighted by molar-refractivity contribution is 0.220. The first-order valence-electron chi connectivity index (χ1n) is 14.4. The number of hydrogen-bond donors (Lipinski definition) is 3. The Balaban J connectivity index is 4.55. The van der Waals surface area contributed by atoms with Crippen LogP contribution in [0.5, 0.6) is 0 Å².